The zero-order chi connectivity index (χ0) is 12.8. The number of nitrogens with one attached hydrogen (secondary N) is 2. The zero-order valence-electron chi connectivity index (χ0n) is 10.0. The van der Waals surface area contributed by atoms with Crippen LogP contribution in [0.3, 0.4) is 0 Å². The summed E-state index contributed by atoms with van der Waals surface area (Å²) < 4.78 is 0. The molecule has 6 heteroatoms. The first-order valence-electron chi connectivity index (χ1n) is 5.23. The van der Waals surface area contributed by atoms with E-state index in [1.54, 1.807) is 32.2 Å². The van der Waals surface area contributed by atoms with Gasteiger partial charge >= 0.3 is 0 Å². The average molecular weight is 253 g/mol. The monoisotopic (exact) mass is 253 g/mol. The third-order valence-electron chi connectivity index (χ3n) is 1.86. The van der Waals surface area contributed by atoms with E-state index in [4.69, 9.17) is 0 Å². The van der Waals surface area contributed by atoms with Crippen LogP contribution in [0.25, 0.3) is 0 Å². The molecular formula is C11H15N3O2S. The first-order valence-corrected chi connectivity index (χ1v) is 6.11. The van der Waals surface area contributed by atoms with Crippen molar-refractivity contribution in [3.63, 3.8) is 0 Å². The second kappa shape index (κ2) is 6.15. The Morgan fingerprint density at radius 2 is 2.12 bits per heavy atom. The smallest absolute Gasteiger partial charge is 0.274 e. The predicted octanol–water partition coefficient (Wildman–Crippen LogP) is 2.22. The highest BCUT2D eigenvalue weighted by Crippen LogP contribution is 2.23. The summed E-state index contributed by atoms with van der Waals surface area (Å²) in [5.74, 6) is -0.435. The van der Waals surface area contributed by atoms with Crippen molar-refractivity contribution in [2.24, 2.45) is 5.10 Å². The summed E-state index contributed by atoms with van der Waals surface area (Å²) in [6.45, 7) is 5.33. The zero-order valence-corrected chi connectivity index (χ0v) is 10.9. The van der Waals surface area contributed by atoms with Gasteiger partial charge in [-0.15, -0.1) is 11.3 Å². The van der Waals surface area contributed by atoms with Gasteiger partial charge in [0.2, 0.25) is 5.91 Å². The van der Waals surface area contributed by atoms with E-state index in [0.717, 1.165) is 5.71 Å². The molecule has 0 saturated carbocycles. The number of thiophene rings is 1. The molecule has 0 saturated heterocycles. The Morgan fingerprint density at radius 1 is 1.41 bits per heavy atom. The summed E-state index contributed by atoms with van der Waals surface area (Å²) in [5.41, 5.74) is 3.61. The summed E-state index contributed by atoms with van der Waals surface area (Å²) in [6, 6.07) is 1.66. The lowest BCUT2D eigenvalue weighted by Crippen LogP contribution is -2.20. The summed E-state index contributed by atoms with van der Waals surface area (Å²) >= 11 is 1.31. The molecule has 0 aliphatic rings. The van der Waals surface area contributed by atoms with Gasteiger partial charge < -0.3 is 5.32 Å². The molecule has 92 valence electrons. The molecule has 1 aromatic rings. The van der Waals surface area contributed by atoms with Gasteiger partial charge in [-0.2, -0.15) is 5.10 Å². The van der Waals surface area contributed by atoms with Crippen LogP contribution in [0, 0.1) is 0 Å². The maximum atomic E-state index is 11.7. The maximum Gasteiger partial charge on any atom is 0.274 e. The largest absolute Gasteiger partial charge is 0.317 e. The van der Waals surface area contributed by atoms with Crippen LogP contribution >= 0.6 is 11.3 Å². The Bertz CT molecular complexity index is 447. The molecule has 2 amide bonds. The van der Waals surface area contributed by atoms with E-state index >= 15 is 0 Å². The van der Waals surface area contributed by atoms with Gasteiger partial charge in [-0.1, -0.05) is 6.92 Å². The van der Waals surface area contributed by atoms with E-state index in [9.17, 15) is 9.59 Å². The molecule has 0 bridgehead atoms. The summed E-state index contributed by atoms with van der Waals surface area (Å²) in [4.78, 5) is 23.0. The molecule has 1 heterocycles. The fourth-order valence-electron chi connectivity index (χ4n) is 1.02. The van der Waals surface area contributed by atoms with E-state index in [0.29, 0.717) is 17.0 Å². The van der Waals surface area contributed by atoms with Crippen molar-refractivity contribution in [3.8, 4) is 0 Å². The molecule has 0 aromatic carbocycles. The molecule has 0 radical (unpaired) electrons. The minimum atomic E-state index is -0.321. The molecule has 17 heavy (non-hydrogen) atoms. The van der Waals surface area contributed by atoms with E-state index < -0.39 is 0 Å². The highest BCUT2D eigenvalue weighted by Gasteiger charge is 2.13. The van der Waals surface area contributed by atoms with E-state index in [1.165, 1.54) is 11.3 Å². The van der Waals surface area contributed by atoms with Crippen molar-refractivity contribution < 1.29 is 9.59 Å². The standard InChI is InChI=1S/C11H15N3O2S/c1-4-9(15)12-11-8(5-6-17-11)10(16)14-13-7(2)3/h5-6H,4H2,1-3H3,(H,12,15)(H,14,16). The third-order valence-corrected chi connectivity index (χ3v) is 2.69. The molecule has 0 aliphatic carbocycles. The van der Waals surface area contributed by atoms with Gasteiger partial charge in [0.15, 0.2) is 0 Å². The molecular weight excluding hydrogens is 238 g/mol. The van der Waals surface area contributed by atoms with Crippen molar-refractivity contribution in [1.82, 2.24) is 5.43 Å². The maximum absolute atomic E-state index is 11.7. The molecule has 0 atom stereocenters. The van der Waals surface area contributed by atoms with Crippen LogP contribution in [0.2, 0.25) is 0 Å². The van der Waals surface area contributed by atoms with Gasteiger partial charge in [0.1, 0.15) is 5.00 Å². The fraction of sp³-hybridized carbons (Fsp3) is 0.364. The Kier molecular flexibility index (Phi) is 4.84. The van der Waals surface area contributed by atoms with Crippen molar-refractivity contribution >= 4 is 33.9 Å². The van der Waals surface area contributed by atoms with E-state index in [-0.39, 0.29) is 11.8 Å². The van der Waals surface area contributed by atoms with Gasteiger partial charge in [0.05, 0.1) is 5.56 Å². The Balaban J connectivity index is 2.77. The highest BCUT2D eigenvalue weighted by molar-refractivity contribution is 7.14. The van der Waals surface area contributed by atoms with E-state index in [2.05, 4.69) is 15.8 Å². The SMILES string of the molecule is CCC(=O)Nc1sccc1C(=O)NN=C(C)C. The van der Waals surface area contributed by atoms with Crippen LogP contribution in [0.15, 0.2) is 16.5 Å². The quantitative estimate of drug-likeness (QED) is 0.638. The minimum Gasteiger partial charge on any atom is -0.317 e. The molecule has 0 unspecified atom stereocenters. The van der Waals surface area contributed by atoms with Gasteiger partial charge in [-0.3, -0.25) is 9.59 Å². The van der Waals surface area contributed by atoms with Crippen LogP contribution in [0.1, 0.15) is 37.6 Å². The highest BCUT2D eigenvalue weighted by atomic mass is 32.1. The Morgan fingerprint density at radius 3 is 2.71 bits per heavy atom. The molecule has 0 spiro atoms. The van der Waals surface area contributed by atoms with Crippen LogP contribution < -0.4 is 10.7 Å². The number of hydrogen-bond donors (Lipinski definition) is 2. The minimum absolute atomic E-state index is 0.114. The first kappa shape index (κ1) is 13.4. The molecule has 0 fully saturated rings. The lowest BCUT2D eigenvalue weighted by Gasteiger charge is -2.04. The van der Waals surface area contributed by atoms with Gasteiger partial charge in [-0.05, 0) is 25.3 Å². The predicted molar refractivity (Wildman–Crippen MR) is 69.5 cm³/mol. The topological polar surface area (TPSA) is 70.6 Å². The summed E-state index contributed by atoms with van der Waals surface area (Å²) in [7, 11) is 0. The van der Waals surface area contributed by atoms with Crippen LogP contribution in [-0.4, -0.2) is 17.5 Å². The fourth-order valence-corrected chi connectivity index (χ4v) is 1.82. The van der Waals surface area contributed by atoms with Crippen molar-refractivity contribution in [2.45, 2.75) is 27.2 Å². The number of rotatable bonds is 4. The van der Waals surface area contributed by atoms with Crippen LogP contribution in [-0.2, 0) is 4.79 Å². The van der Waals surface area contributed by atoms with Gasteiger partial charge in [0.25, 0.3) is 5.91 Å². The summed E-state index contributed by atoms with van der Waals surface area (Å²) in [6.07, 6.45) is 0.380. The molecule has 0 aliphatic heterocycles. The van der Waals surface area contributed by atoms with Crippen LogP contribution in [0.4, 0.5) is 5.00 Å². The Labute approximate surface area is 104 Å². The van der Waals surface area contributed by atoms with Gasteiger partial charge in [0, 0.05) is 12.1 Å². The number of amides is 2. The molecule has 1 rings (SSSR count). The number of hydrogen-bond acceptors (Lipinski definition) is 4. The summed E-state index contributed by atoms with van der Waals surface area (Å²) in [5, 5.41) is 8.82. The van der Waals surface area contributed by atoms with Crippen molar-refractivity contribution in [2.75, 3.05) is 5.32 Å². The number of anilines is 1. The lowest BCUT2D eigenvalue weighted by atomic mass is 10.3. The third kappa shape index (κ3) is 3.99. The van der Waals surface area contributed by atoms with Crippen molar-refractivity contribution in [3.05, 3.63) is 17.0 Å². The number of nitrogens with zero attached hydrogens (tertiary/aromatic N) is 1. The normalized spacial score (nSPS) is 9.59. The second-order valence-electron chi connectivity index (χ2n) is 3.57. The first-order chi connectivity index (χ1) is 8.04. The average Bonchev–Trinajstić information content (AvgIpc) is 2.73. The number of carbonyl (C=O) groups is 2. The second-order valence-corrected chi connectivity index (χ2v) is 4.48. The number of hydrazone groups is 1. The van der Waals surface area contributed by atoms with Crippen LogP contribution in [0.5, 0.6) is 0 Å². The molecule has 5 nitrogen and oxygen atoms in total. The van der Waals surface area contributed by atoms with Gasteiger partial charge in [-0.25, -0.2) is 5.43 Å². The molecule has 2 N–H and O–H groups in total. The Hall–Kier alpha value is -1.69. The van der Waals surface area contributed by atoms with Crippen molar-refractivity contribution in [1.29, 1.82) is 0 Å². The van der Waals surface area contributed by atoms with E-state index in [1.807, 2.05) is 0 Å². The number of carbonyl (C=O) groups excluding carboxylic acids is 2. The lowest BCUT2D eigenvalue weighted by molar-refractivity contribution is -0.115. The molecule has 1 aromatic heterocycles.